The van der Waals surface area contributed by atoms with E-state index in [-0.39, 0.29) is 5.91 Å². The third kappa shape index (κ3) is 3.50. The van der Waals surface area contributed by atoms with Crippen molar-refractivity contribution in [3.63, 3.8) is 0 Å². The Balaban J connectivity index is 1.37. The number of rotatable bonds is 3. The summed E-state index contributed by atoms with van der Waals surface area (Å²) in [6, 6.07) is 19.6. The number of fused-ring (bicyclic) bond motifs is 1. The fraction of sp³-hybridized carbons (Fsp3) is 0.174. The number of aromatic nitrogens is 3. The Morgan fingerprint density at radius 3 is 2.50 bits per heavy atom. The summed E-state index contributed by atoms with van der Waals surface area (Å²) in [5, 5.41) is 5.01. The second-order valence-corrected chi connectivity index (χ2v) is 7.70. The van der Waals surface area contributed by atoms with E-state index in [1.807, 2.05) is 47.4 Å². The smallest absolute Gasteiger partial charge is 0.272 e. The van der Waals surface area contributed by atoms with Gasteiger partial charge in [0.2, 0.25) is 0 Å². The van der Waals surface area contributed by atoms with Crippen molar-refractivity contribution in [2.45, 2.75) is 0 Å². The van der Waals surface area contributed by atoms with Gasteiger partial charge in [-0.15, -0.1) is 0 Å². The van der Waals surface area contributed by atoms with Gasteiger partial charge in [-0.3, -0.25) is 4.79 Å². The predicted molar refractivity (Wildman–Crippen MR) is 118 cm³/mol. The summed E-state index contributed by atoms with van der Waals surface area (Å²) >= 11 is 6.14. The number of carbonyl (C=O) groups is 1. The molecule has 3 heterocycles. The van der Waals surface area contributed by atoms with Crippen molar-refractivity contribution >= 4 is 28.8 Å². The summed E-state index contributed by atoms with van der Waals surface area (Å²) in [6.45, 7) is 2.94. The van der Waals surface area contributed by atoms with Gasteiger partial charge in [0.15, 0.2) is 5.65 Å². The Morgan fingerprint density at radius 1 is 0.933 bits per heavy atom. The van der Waals surface area contributed by atoms with Gasteiger partial charge in [-0.2, -0.15) is 5.10 Å². The van der Waals surface area contributed by atoms with E-state index in [9.17, 15) is 4.79 Å². The number of benzene rings is 2. The molecule has 0 bridgehead atoms. The largest absolute Gasteiger partial charge is 0.368 e. The zero-order chi connectivity index (χ0) is 20.5. The SMILES string of the molecule is O=C(c1ccn2ncc(-c3cccc(Cl)c3)c2n1)N1CCN(c2ccccc2)CC1. The Morgan fingerprint density at radius 2 is 1.73 bits per heavy atom. The van der Waals surface area contributed by atoms with Crippen LogP contribution in [0.5, 0.6) is 0 Å². The molecule has 30 heavy (non-hydrogen) atoms. The van der Waals surface area contributed by atoms with Gasteiger partial charge in [-0.1, -0.05) is 41.9 Å². The quantitative estimate of drug-likeness (QED) is 0.505. The van der Waals surface area contributed by atoms with Gasteiger partial charge in [0, 0.05) is 48.6 Å². The zero-order valence-corrected chi connectivity index (χ0v) is 17.0. The lowest BCUT2D eigenvalue weighted by molar-refractivity contribution is 0.0741. The maximum Gasteiger partial charge on any atom is 0.272 e. The maximum atomic E-state index is 13.1. The van der Waals surface area contributed by atoms with Crippen LogP contribution in [0.2, 0.25) is 5.02 Å². The number of halogens is 1. The van der Waals surface area contributed by atoms with Crippen LogP contribution in [0.1, 0.15) is 10.5 Å². The van der Waals surface area contributed by atoms with Crippen LogP contribution in [0.15, 0.2) is 73.1 Å². The monoisotopic (exact) mass is 417 g/mol. The van der Waals surface area contributed by atoms with Crippen molar-refractivity contribution in [2.24, 2.45) is 0 Å². The van der Waals surface area contributed by atoms with Crippen LogP contribution in [-0.4, -0.2) is 51.6 Å². The summed E-state index contributed by atoms with van der Waals surface area (Å²) in [6.07, 6.45) is 3.53. The van der Waals surface area contributed by atoms with Crippen LogP contribution in [0, 0.1) is 0 Å². The molecule has 4 aromatic rings. The van der Waals surface area contributed by atoms with E-state index < -0.39 is 0 Å². The highest BCUT2D eigenvalue weighted by Crippen LogP contribution is 2.26. The lowest BCUT2D eigenvalue weighted by Gasteiger charge is -2.36. The molecule has 1 saturated heterocycles. The van der Waals surface area contributed by atoms with E-state index in [1.54, 1.807) is 23.0 Å². The fourth-order valence-corrected chi connectivity index (χ4v) is 4.01. The summed E-state index contributed by atoms with van der Waals surface area (Å²) in [7, 11) is 0. The molecule has 7 heteroatoms. The molecule has 0 spiro atoms. The van der Waals surface area contributed by atoms with Crippen LogP contribution in [0.4, 0.5) is 5.69 Å². The first-order valence-electron chi connectivity index (χ1n) is 9.89. The zero-order valence-electron chi connectivity index (χ0n) is 16.3. The van der Waals surface area contributed by atoms with Crippen LogP contribution in [-0.2, 0) is 0 Å². The van der Waals surface area contributed by atoms with Gasteiger partial charge in [-0.05, 0) is 35.9 Å². The predicted octanol–water partition coefficient (Wildman–Crippen LogP) is 4.01. The maximum absolute atomic E-state index is 13.1. The van der Waals surface area contributed by atoms with E-state index in [1.165, 1.54) is 5.69 Å². The highest BCUT2D eigenvalue weighted by molar-refractivity contribution is 6.30. The second-order valence-electron chi connectivity index (χ2n) is 7.26. The van der Waals surface area contributed by atoms with Crippen molar-refractivity contribution in [3.05, 3.63) is 83.8 Å². The van der Waals surface area contributed by atoms with Crippen LogP contribution >= 0.6 is 11.6 Å². The van der Waals surface area contributed by atoms with Crippen molar-refractivity contribution in [2.75, 3.05) is 31.1 Å². The molecule has 1 amide bonds. The molecule has 0 atom stereocenters. The number of nitrogens with zero attached hydrogens (tertiary/aromatic N) is 5. The van der Waals surface area contributed by atoms with Crippen LogP contribution < -0.4 is 4.90 Å². The van der Waals surface area contributed by atoms with Crippen LogP contribution in [0.25, 0.3) is 16.8 Å². The Kier molecular flexibility index (Phi) is 4.85. The molecular weight excluding hydrogens is 398 g/mol. The summed E-state index contributed by atoms with van der Waals surface area (Å²) in [5.41, 5.74) is 4.03. The molecular formula is C23H20ClN5O. The molecule has 0 saturated carbocycles. The fourth-order valence-electron chi connectivity index (χ4n) is 3.82. The minimum absolute atomic E-state index is 0.0524. The summed E-state index contributed by atoms with van der Waals surface area (Å²) < 4.78 is 1.68. The molecule has 1 aliphatic rings. The Hall–Kier alpha value is -3.38. The third-order valence-electron chi connectivity index (χ3n) is 5.41. The summed E-state index contributed by atoms with van der Waals surface area (Å²) in [5.74, 6) is -0.0524. The first-order chi connectivity index (χ1) is 14.7. The molecule has 0 aliphatic carbocycles. The first-order valence-corrected chi connectivity index (χ1v) is 10.3. The Labute approximate surface area is 179 Å². The van der Waals surface area contributed by atoms with E-state index in [2.05, 4.69) is 27.1 Å². The van der Waals surface area contributed by atoms with Gasteiger partial charge in [0.25, 0.3) is 5.91 Å². The van der Waals surface area contributed by atoms with Gasteiger partial charge < -0.3 is 9.80 Å². The topological polar surface area (TPSA) is 53.7 Å². The number of amides is 1. The standard InChI is InChI=1S/C23H20ClN5O/c24-18-6-4-5-17(15-18)20-16-25-29-10-9-21(26-22(20)29)23(30)28-13-11-27(12-14-28)19-7-2-1-3-8-19/h1-10,15-16H,11-14H2. The van der Waals surface area contributed by atoms with Gasteiger partial charge in [0.1, 0.15) is 5.69 Å². The highest BCUT2D eigenvalue weighted by atomic mass is 35.5. The van der Waals surface area contributed by atoms with E-state index in [0.717, 1.165) is 24.2 Å². The minimum atomic E-state index is -0.0524. The second kappa shape index (κ2) is 7.80. The molecule has 2 aromatic heterocycles. The number of para-hydroxylation sites is 1. The van der Waals surface area contributed by atoms with Crippen LogP contribution in [0.3, 0.4) is 0 Å². The molecule has 5 rings (SSSR count). The third-order valence-corrected chi connectivity index (χ3v) is 5.65. The van der Waals surface area contributed by atoms with E-state index in [0.29, 0.717) is 29.5 Å². The molecule has 2 aromatic carbocycles. The van der Waals surface area contributed by atoms with Gasteiger partial charge in [0.05, 0.1) is 6.20 Å². The molecule has 0 radical (unpaired) electrons. The molecule has 1 fully saturated rings. The molecule has 0 unspecified atom stereocenters. The number of carbonyl (C=O) groups excluding carboxylic acids is 1. The molecule has 150 valence electrons. The number of hydrogen-bond acceptors (Lipinski definition) is 4. The number of piperazine rings is 1. The van der Waals surface area contributed by atoms with E-state index >= 15 is 0 Å². The lowest BCUT2D eigenvalue weighted by atomic mass is 10.1. The van der Waals surface area contributed by atoms with Crippen molar-refractivity contribution in [1.29, 1.82) is 0 Å². The normalized spacial score (nSPS) is 14.3. The molecule has 1 aliphatic heterocycles. The average Bonchev–Trinajstić information content (AvgIpc) is 3.23. The highest BCUT2D eigenvalue weighted by Gasteiger charge is 2.24. The van der Waals surface area contributed by atoms with Crippen molar-refractivity contribution < 1.29 is 4.79 Å². The van der Waals surface area contributed by atoms with Crippen molar-refractivity contribution in [3.8, 4) is 11.1 Å². The minimum Gasteiger partial charge on any atom is -0.368 e. The molecule has 0 N–H and O–H groups in total. The average molecular weight is 418 g/mol. The first kappa shape index (κ1) is 18.6. The molecule has 6 nitrogen and oxygen atoms in total. The number of hydrogen-bond donors (Lipinski definition) is 0. The Bertz CT molecular complexity index is 1200. The number of anilines is 1. The van der Waals surface area contributed by atoms with Gasteiger partial charge in [-0.25, -0.2) is 9.50 Å². The lowest BCUT2D eigenvalue weighted by Crippen LogP contribution is -2.49. The van der Waals surface area contributed by atoms with E-state index in [4.69, 9.17) is 11.6 Å². The van der Waals surface area contributed by atoms with Gasteiger partial charge >= 0.3 is 0 Å². The summed E-state index contributed by atoms with van der Waals surface area (Å²) in [4.78, 5) is 21.9. The van der Waals surface area contributed by atoms with Crippen molar-refractivity contribution in [1.82, 2.24) is 19.5 Å².